The molecule has 116 valence electrons. The van der Waals surface area contributed by atoms with Gasteiger partial charge in [-0.3, -0.25) is 0 Å². The number of hydrogen-bond donors (Lipinski definition) is 0. The number of hydrogen-bond acceptors (Lipinski definition) is 3. The lowest BCUT2D eigenvalue weighted by atomic mass is 10.0. The second kappa shape index (κ2) is 7.41. The van der Waals surface area contributed by atoms with Gasteiger partial charge in [-0.15, -0.1) is 0 Å². The molecule has 0 aliphatic carbocycles. The van der Waals surface area contributed by atoms with Crippen molar-refractivity contribution in [1.82, 2.24) is 9.88 Å². The number of nitrogens with zero attached hydrogens (tertiary/aromatic N) is 3. The van der Waals surface area contributed by atoms with Gasteiger partial charge in [0.05, 0.1) is 0 Å². The van der Waals surface area contributed by atoms with Crippen molar-refractivity contribution < 1.29 is 0 Å². The highest BCUT2D eigenvalue weighted by Gasteiger charge is 2.22. The zero-order chi connectivity index (χ0) is 15.2. The van der Waals surface area contributed by atoms with Crippen molar-refractivity contribution in [2.45, 2.75) is 25.3 Å². The van der Waals surface area contributed by atoms with Crippen LogP contribution in [0.15, 0.2) is 54.7 Å². The smallest absolute Gasteiger partial charge is 0.128 e. The first-order valence-corrected chi connectivity index (χ1v) is 8.23. The van der Waals surface area contributed by atoms with Crippen molar-refractivity contribution in [2.24, 2.45) is 0 Å². The lowest BCUT2D eigenvalue weighted by molar-refractivity contribution is 0.213. The molecule has 2 aromatic rings. The highest BCUT2D eigenvalue weighted by Crippen LogP contribution is 2.20. The zero-order valence-corrected chi connectivity index (χ0v) is 13.4. The Morgan fingerprint density at radius 1 is 1.05 bits per heavy atom. The average Bonchev–Trinajstić information content (AvgIpc) is 2.61. The van der Waals surface area contributed by atoms with Crippen LogP contribution in [0.5, 0.6) is 0 Å². The summed E-state index contributed by atoms with van der Waals surface area (Å²) in [5.74, 6) is 1.09. The van der Waals surface area contributed by atoms with Gasteiger partial charge in [0.15, 0.2) is 0 Å². The first-order chi connectivity index (χ1) is 10.8. The molecule has 1 aliphatic heterocycles. The van der Waals surface area contributed by atoms with Gasteiger partial charge < -0.3 is 9.80 Å². The van der Waals surface area contributed by atoms with E-state index in [4.69, 9.17) is 0 Å². The Hall–Kier alpha value is -1.87. The second-order valence-electron chi connectivity index (χ2n) is 6.11. The van der Waals surface area contributed by atoms with Crippen molar-refractivity contribution in [3.05, 3.63) is 60.3 Å². The molecule has 22 heavy (non-hydrogen) atoms. The number of rotatable bonds is 5. The molecule has 1 saturated heterocycles. The minimum absolute atomic E-state index is 0.614. The Kier molecular flexibility index (Phi) is 5.07. The molecule has 3 nitrogen and oxygen atoms in total. The van der Waals surface area contributed by atoms with Gasteiger partial charge in [-0.1, -0.05) is 36.4 Å². The van der Waals surface area contributed by atoms with E-state index in [-0.39, 0.29) is 0 Å². The van der Waals surface area contributed by atoms with E-state index < -0.39 is 0 Å². The number of piperidine rings is 1. The van der Waals surface area contributed by atoms with Crippen LogP contribution >= 0.6 is 0 Å². The topological polar surface area (TPSA) is 19.4 Å². The molecule has 0 amide bonds. The van der Waals surface area contributed by atoms with E-state index in [1.54, 1.807) is 0 Å². The van der Waals surface area contributed by atoms with E-state index in [2.05, 4.69) is 64.3 Å². The maximum atomic E-state index is 4.46. The van der Waals surface area contributed by atoms with Gasteiger partial charge in [0.1, 0.15) is 5.82 Å². The maximum absolute atomic E-state index is 4.46. The van der Waals surface area contributed by atoms with Crippen molar-refractivity contribution in [1.29, 1.82) is 0 Å². The third-order valence-electron chi connectivity index (χ3n) is 4.68. The minimum atomic E-state index is 0.614. The van der Waals surface area contributed by atoms with Gasteiger partial charge in [-0.05, 0) is 37.0 Å². The lowest BCUT2D eigenvalue weighted by Gasteiger charge is -2.37. The standard InChI is InChI=1S/C19H25N3/c1-21(19-9-5-6-13-20-19)18-11-15-22(16-12-18)14-10-17-7-3-2-4-8-17/h2-9,13,18H,10-12,14-16H2,1H3. The van der Waals surface area contributed by atoms with Gasteiger partial charge in [0.25, 0.3) is 0 Å². The molecule has 0 unspecified atom stereocenters. The minimum Gasteiger partial charge on any atom is -0.357 e. The van der Waals surface area contributed by atoms with E-state index in [0.29, 0.717) is 6.04 Å². The lowest BCUT2D eigenvalue weighted by Crippen LogP contribution is -2.44. The van der Waals surface area contributed by atoms with Gasteiger partial charge in [0, 0.05) is 38.9 Å². The van der Waals surface area contributed by atoms with Crippen LogP contribution in [0.2, 0.25) is 0 Å². The molecule has 0 N–H and O–H groups in total. The summed E-state index contributed by atoms with van der Waals surface area (Å²) < 4.78 is 0. The molecule has 0 saturated carbocycles. The van der Waals surface area contributed by atoms with Crippen molar-refractivity contribution in [2.75, 3.05) is 31.6 Å². The van der Waals surface area contributed by atoms with Crippen LogP contribution in [0.25, 0.3) is 0 Å². The molecular weight excluding hydrogens is 270 g/mol. The first-order valence-electron chi connectivity index (χ1n) is 8.23. The average molecular weight is 295 g/mol. The molecule has 1 aromatic heterocycles. The Balaban J connectivity index is 1.46. The normalized spacial score (nSPS) is 16.6. The third kappa shape index (κ3) is 3.86. The Bertz CT molecular complexity index is 547. The van der Waals surface area contributed by atoms with Crippen molar-refractivity contribution in [3.63, 3.8) is 0 Å². The van der Waals surface area contributed by atoms with Crippen LogP contribution in [0.1, 0.15) is 18.4 Å². The number of likely N-dealkylation sites (tertiary alicyclic amines) is 1. The molecule has 1 aliphatic rings. The van der Waals surface area contributed by atoms with Crippen molar-refractivity contribution in [3.8, 4) is 0 Å². The van der Waals surface area contributed by atoms with Crippen LogP contribution in [0.4, 0.5) is 5.82 Å². The van der Waals surface area contributed by atoms with Gasteiger partial charge in [-0.2, -0.15) is 0 Å². The summed E-state index contributed by atoms with van der Waals surface area (Å²) in [7, 11) is 2.17. The number of pyridine rings is 1. The van der Waals surface area contributed by atoms with Gasteiger partial charge in [-0.25, -0.2) is 4.98 Å². The highest BCUT2D eigenvalue weighted by molar-refractivity contribution is 5.38. The molecular formula is C19H25N3. The van der Waals surface area contributed by atoms with Crippen LogP contribution < -0.4 is 4.90 Å². The zero-order valence-electron chi connectivity index (χ0n) is 13.4. The van der Waals surface area contributed by atoms with Gasteiger partial charge in [0.2, 0.25) is 0 Å². The molecule has 2 heterocycles. The van der Waals surface area contributed by atoms with Crippen LogP contribution in [0.3, 0.4) is 0 Å². The third-order valence-corrected chi connectivity index (χ3v) is 4.68. The van der Waals surface area contributed by atoms with Crippen LogP contribution in [0, 0.1) is 0 Å². The monoisotopic (exact) mass is 295 g/mol. The summed E-state index contributed by atoms with van der Waals surface area (Å²) in [6.45, 7) is 3.55. The SMILES string of the molecule is CN(c1ccccn1)C1CCN(CCc2ccccc2)CC1. The molecule has 1 fully saturated rings. The number of aromatic nitrogens is 1. The fraction of sp³-hybridized carbons (Fsp3) is 0.421. The fourth-order valence-corrected chi connectivity index (χ4v) is 3.21. The summed E-state index contributed by atoms with van der Waals surface area (Å²) in [4.78, 5) is 9.40. The second-order valence-corrected chi connectivity index (χ2v) is 6.11. The fourth-order valence-electron chi connectivity index (χ4n) is 3.21. The summed E-state index contributed by atoms with van der Waals surface area (Å²) in [6, 6.07) is 17.5. The van der Waals surface area contributed by atoms with Crippen LogP contribution in [-0.2, 0) is 6.42 Å². The molecule has 0 radical (unpaired) electrons. The van der Waals surface area contributed by atoms with E-state index in [9.17, 15) is 0 Å². The van der Waals surface area contributed by atoms with E-state index >= 15 is 0 Å². The maximum Gasteiger partial charge on any atom is 0.128 e. The van der Waals surface area contributed by atoms with Gasteiger partial charge >= 0.3 is 0 Å². The number of anilines is 1. The van der Waals surface area contributed by atoms with Crippen molar-refractivity contribution >= 4 is 5.82 Å². The summed E-state index contributed by atoms with van der Waals surface area (Å²) >= 11 is 0. The summed E-state index contributed by atoms with van der Waals surface area (Å²) in [5, 5.41) is 0. The summed E-state index contributed by atoms with van der Waals surface area (Å²) in [5.41, 5.74) is 1.44. The van der Waals surface area contributed by atoms with Crippen LogP contribution in [-0.4, -0.2) is 42.6 Å². The summed E-state index contributed by atoms with van der Waals surface area (Å²) in [6.07, 6.45) is 5.48. The molecule has 3 rings (SSSR count). The predicted octanol–water partition coefficient (Wildman–Crippen LogP) is 3.22. The Morgan fingerprint density at radius 3 is 2.45 bits per heavy atom. The molecule has 0 atom stereocenters. The molecule has 1 aromatic carbocycles. The largest absolute Gasteiger partial charge is 0.357 e. The highest BCUT2D eigenvalue weighted by atomic mass is 15.2. The molecule has 0 spiro atoms. The first kappa shape index (κ1) is 15.0. The quantitative estimate of drug-likeness (QED) is 0.844. The van der Waals surface area contributed by atoms with E-state index in [1.165, 1.54) is 38.0 Å². The predicted molar refractivity (Wildman–Crippen MR) is 92.2 cm³/mol. The van der Waals surface area contributed by atoms with E-state index in [1.807, 2.05) is 12.3 Å². The number of benzene rings is 1. The molecule has 0 bridgehead atoms. The molecule has 3 heteroatoms. The Labute approximate surface area is 133 Å². The van der Waals surface area contributed by atoms with E-state index in [0.717, 1.165) is 12.2 Å². The Morgan fingerprint density at radius 2 is 1.77 bits per heavy atom.